The number of carbonyl (C=O) groups is 2. The van der Waals surface area contributed by atoms with Gasteiger partial charge in [0.25, 0.3) is 5.91 Å². The van der Waals surface area contributed by atoms with Crippen molar-refractivity contribution in [2.75, 3.05) is 16.4 Å². The first-order chi connectivity index (χ1) is 13.8. The summed E-state index contributed by atoms with van der Waals surface area (Å²) in [4.78, 5) is 23.9. The molecule has 0 aliphatic rings. The number of hydrogen-bond acceptors (Lipinski definition) is 6. The van der Waals surface area contributed by atoms with Crippen molar-refractivity contribution in [1.82, 2.24) is 10.2 Å². The standard InChI is InChI=1S/C17H10F4N4O2S2/c18-8-4-5-12(11(21)6-8)22-13(26)7-28-17-25-24-16(29-17)23-15(27)14-9(19)2-1-3-10(14)20/h1-6H,7H2,(H,22,26)(H,23,24,27). The number of nitrogens with one attached hydrogen (secondary N) is 2. The number of carbonyl (C=O) groups excluding carboxylic acids is 2. The van der Waals surface area contributed by atoms with E-state index in [1.165, 1.54) is 0 Å². The van der Waals surface area contributed by atoms with Gasteiger partial charge < -0.3 is 5.32 Å². The average molecular weight is 442 g/mol. The van der Waals surface area contributed by atoms with E-state index < -0.39 is 40.6 Å². The van der Waals surface area contributed by atoms with Gasteiger partial charge in [-0.2, -0.15) is 0 Å². The second-order valence-electron chi connectivity index (χ2n) is 5.38. The number of benzene rings is 2. The number of anilines is 2. The summed E-state index contributed by atoms with van der Waals surface area (Å²) in [6, 6.07) is 5.76. The van der Waals surface area contributed by atoms with Crippen LogP contribution in [0.5, 0.6) is 0 Å². The number of rotatable bonds is 6. The van der Waals surface area contributed by atoms with Gasteiger partial charge in [0.1, 0.15) is 28.8 Å². The summed E-state index contributed by atoms with van der Waals surface area (Å²) >= 11 is 1.82. The molecule has 0 unspecified atom stereocenters. The smallest absolute Gasteiger partial charge is 0.263 e. The molecule has 12 heteroatoms. The molecular formula is C17H10F4N4O2S2. The van der Waals surface area contributed by atoms with E-state index in [4.69, 9.17) is 0 Å². The lowest BCUT2D eigenvalue weighted by molar-refractivity contribution is -0.113. The molecule has 3 aromatic rings. The molecule has 2 N–H and O–H groups in total. The second kappa shape index (κ2) is 9.01. The quantitative estimate of drug-likeness (QED) is 0.342. The zero-order chi connectivity index (χ0) is 21.0. The van der Waals surface area contributed by atoms with Crippen LogP contribution in [0.25, 0.3) is 0 Å². The highest BCUT2D eigenvalue weighted by Crippen LogP contribution is 2.26. The molecule has 2 aromatic carbocycles. The van der Waals surface area contributed by atoms with E-state index in [0.29, 0.717) is 6.07 Å². The molecule has 1 aromatic heterocycles. The monoisotopic (exact) mass is 442 g/mol. The maximum Gasteiger partial charge on any atom is 0.263 e. The van der Waals surface area contributed by atoms with Gasteiger partial charge in [0.15, 0.2) is 4.34 Å². The summed E-state index contributed by atoms with van der Waals surface area (Å²) in [6.45, 7) is 0. The first-order valence-electron chi connectivity index (χ1n) is 7.80. The maximum absolute atomic E-state index is 13.6. The average Bonchev–Trinajstić information content (AvgIpc) is 3.09. The molecule has 1 heterocycles. The Morgan fingerprint density at radius 3 is 2.38 bits per heavy atom. The van der Waals surface area contributed by atoms with Crippen molar-refractivity contribution in [1.29, 1.82) is 0 Å². The molecule has 0 saturated heterocycles. The fraction of sp³-hybridized carbons (Fsp3) is 0.0588. The third-order valence-corrected chi connectivity index (χ3v) is 5.32. The molecule has 0 aliphatic carbocycles. The predicted octanol–water partition coefficient (Wildman–Crippen LogP) is 4.08. The molecule has 0 aliphatic heterocycles. The van der Waals surface area contributed by atoms with Gasteiger partial charge in [0.05, 0.1) is 11.4 Å². The normalized spacial score (nSPS) is 10.6. The Kier molecular flexibility index (Phi) is 6.44. The van der Waals surface area contributed by atoms with Gasteiger partial charge in [0, 0.05) is 6.07 Å². The zero-order valence-electron chi connectivity index (χ0n) is 14.2. The van der Waals surface area contributed by atoms with Crippen LogP contribution in [-0.4, -0.2) is 27.8 Å². The highest BCUT2D eigenvalue weighted by Gasteiger charge is 2.19. The van der Waals surface area contributed by atoms with Gasteiger partial charge in [0.2, 0.25) is 11.0 Å². The lowest BCUT2D eigenvalue weighted by atomic mass is 10.2. The minimum absolute atomic E-state index is 0.0230. The van der Waals surface area contributed by atoms with Crippen LogP contribution in [0.1, 0.15) is 10.4 Å². The number of thioether (sulfide) groups is 1. The molecule has 0 spiro atoms. The van der Waals surface area contributed by atoms with Crippen LogP contribution in [0, 0.1) is 23.3 Å². The second-order valence-corrected chi connectivity index (χ2v) is 7.58. The summed E-state index contributed by atoms with van der Waals surface area (Å²) in [5.41, 5.74) is -0.924. The van der Waals surface area contributed by atoms with Crippen molar-refractivity contribution in [2.24, 2.45) is 0 Å². The van der Waals surface area contributed by atoms with Crippen molar-refractivity contribution in [2.45, 2.75) is 4.34 Å². The van der Waals surface area contributed by atoms with Crippen LogP contribution >= 0.6 is 23.1 Å². The van der Waals surface area contributed by atoms with E-state index in [9.17, 15) is 27.2 Å². The minimum atomic E-state index is -1.03. The predicted molar refractivity (Wildman–Crippen MR) is 99.9 cm³/mol. The fourth-order valence-electron chi connectivity index (χ4n) is 2.10. The number of halogens is 4. The summed E-state index contributed by atoms with van der Waals surface area (Å²) in [6.07, 6.45) is 0. The molecule has 0 saturated carbocycles. The van der Waals surface area contributed by atoms with Crippen LogP contribution in [0.4, 0.5) is 28.4 Å². The third-order valence-electron chi connectivity index (χ3n) is 3.35. The van der Waals surface area contributed by atoms with Crippen LogP contribution in [-0.2, 0) is 4.79 Å². The number of aromatic nitrogens is 2. The highest BCUT2D eigenvalue weighted by atomic mass is 32.2. The third kappa shape index (κ3) is 5.29. The van der Waals surface area contributed by atoms with E-state index >= 15 is 0 Å². The lowest BCUT2D eigenvalue weighted by Gasteiger charge is -2.05. The van der Waals surface area contributed by atoms with Gasteiger partial charge in [-0.25, -0.2) is 17.6 Å². The molecule has 0 atom stereocenters. The summed E-state index contributed by atoms with van der Waals surface area (Å²) < 4.78 is 53.9. The number of nitrogens with zero attached hydrogens (tertiary/aromatic N) is 2. The van der Waals surface area contributed by atoms with Crippen molar-refractivity contribution in [3.63, 3.8) is 0 Å². The lowest BCUT2D eigenvalue weighted by Crippen LogP contribution is -2.15. The van der Waals surface area contributed by atoms with Gasteiger partial charge in [-0.15, -0.1) is 10.2 Å². The first-order valence-corrected chi connectivity index (χ1v) is 9.60. The van der Waals surface area contributed by atoms with Crippen molar-refractivity contribution in [3.05, 3.63) is 65.2 Å². The molecule has 29 heavy (non-hydrogen) atoms. The van der Waals surface area contributed by atoms with E-state index in [1.54, 1.807) is 0 Å². The van der Waals surface area contributed by atoms with E-state index in [-0.39, 0.29) is 20.9 Å². The molecular weight excluding hydrogens is 432 g/mol. The molecule has 3 rings (SSSR count). The van der Waals surface area contributed by atoms with Crippen LogP contribution in [0.2, 0.25) is 0 Å². The topological polar surface area (TPSA) is 84.0 Å². The molecule has 6 nitrogen and oxygen atoms in total. The Bertz CT molecular complexity index is 1060. The maximum atomic E-state index is 13.6. The SMILES string of the molecule is O=C(CSc1nnc(NC(=O)c2c(F)cccc2F)s1)Nc1ccc(F)cc1F. The van der Waals surface area contributed by atoms with Gasteiger partial charge in [-0.1, -0.05) is 29.2 Å². The van der Waals surface area contributed by atoms with Gasteiger partial charge in [-0.05, 0) is 24.3 Å². The Morgan fingerprint density at radius 2 is 1.69 bits per heavy atom. The minimum Gasteiger partial charge on any atom is -0.323 e. The molecule has 0 bridgehead atoms. The fourth-order valence-corrected chi connectivity index (χ4v) is 3.64. The summed E-state index contributed by atoms with van der Waals surface area (Å²) in [7, 11) is 0. The van der Waals surface area contributed by atoms with E-state index in [2.05, 4.69) is 20.8 Å². The Balaban J connectivity index is 1.56. The van der Waals surface area contributed by atoms with Crippen molar-refractivity contribution < 1.29 is 27.2 Å². The molecule has 2 amide bonds. The van der Waals surface area contributed by atoms with Crippen LogP contribution in [0.3, 0.4) is 0 Å². The van der Waals surface area contributed by atoms with E-state index in [0.717, 1.165) is 53.4 Å². The van der Waals surface area contributed by atoms with Gasteiger partial charge in [-0.3, -0.25) is 14.9 Å². The summed E-state index contributed by atoms with van der Waals surface area (Å²) in [5, 5.41) is 11.9. The molecule has 150 valence electrons. The zero-order valence-corrected chi connectivity index (χ0v) is 15.8. The largest absolute Gasteiger partial charge is 0.323 e. The number of hydrogen-bond donors (Lipinski definition) is 2. The van der Waals surface area contributed by atoms with Crippen molar-refractivity contribution >= 4 is 45.7 Å². The Labute approximate surface area is 169 Å². The van der Waals surface area contributed by atoms with Crippen LogP contribution in [0.15, 0.2) is 40.7 Å². The van der Waals surface area contributed by atoms with Gasteiger partial charge >= 0.3 is 0 Å². The Morgan fingerprint density at radius 1 is 0.966 bits per heavy atom. The van der Waals surface area contributed by atoms with E-state index in [1.807, 2.05) is 0 Å². The van der Waals surface area contributed by atoms with Crippen molar-refractivity contribution in [3.8, 4) is 0 Å². The molecule has 0 fully saturated rings. The Hall–Kier alpha value is -2.99. The van der Waals surface area contributed by atoms with Crippen LogP contribution < -0.4 is 10.6 Å². The molecule has 0 radical (unpaired) electrons. The highest BCUT2D eigenvalue weighted by molar-refractivity contribution is 8.01. The summed E-state index contributed by atoms with van der Waals surface area (Å²) in [5.74, 6) is -5.50. The first kappa shape index (κ1) is 20.7. The number of amides is 2.